The number of nitrogens with zero attached hydrogens (tertiary/aromatic N) is 2. The van der Waals surface area contributed by atoms with Crippen LogP contribution in [0.5, 0.6) is 0 Å². The first-order valence-electron chi connectivity index (χ1n) is 7.88. The molecule has 4 amide bonds. The smallest absolute Gasteiger partial charge is 0.338 e. The molecule has 6 nitrogen and oxygen atoms in total. The molecule has 23 heavy (non-hydrogen) atoms. The number of carbonyl (C=O) groups excluding carboxylic acids is 3. The van der Waals surface area contributed by atoms with E-state index in [0.29, 0.717) is 12.3 Å². The summed E-state index contributed by atoms with van der Waals surface area (Å²) in [6, 6.07) is 4.82. The fraction of sp³-hybridized carbons (Fsp3) is 0.471. The first-order valence-corrected chi connectivity index (χ1v) is 7.88. The fourth-order valence-electron chi connectivity index (χ4n) is 3.09. The first-order chi connectivity index (χ1) is 11.0. The van der Waals surface area contributed by atoms with E-state index in [9.17, 15) is 14.4 Å². The number of hydrogen-bond donors (Lipinski definition) is 0. The second-order valence-corrected chi connectivity index (χ2v) is 6.12. The predicted octanol–water partition coefficient (Wildman–Crippen LogP) is 2.17. The normalized spacial score (nSPS) is 22.2. The molecule has 1 aromatic carbocycles. The Morgan fingerprint density at radius 2 is 1.91 bits per heavy atom. The molecule has 0 unspecified atom stereocenters. The number of benzene rings is 1. The minimum atomic E-state index is -0.794. The minimum absolute atomic E-state index is 0.144. The Hall–Kier alpha value is -2.21. The van der Waals surface area contributed by atoms with Crippen LogP contribution in [-0.2, 0) is 14.3 Å². The zero-order valence-corrected chi connectivity index (χ0v) is 13.4. The highest BCUT2D eigenvalue weighted by Gasteiger charge is 2.46. The summed E-state index contributed by atoms with van der Waals surface area (Å²) >= 11 is 0. The van der Waals surface area contributed by atoms with Crippen molar-refractivity contribution in [3.05, 3.63) is 29.3 Å². The molecule has 2 aliphatic rings. The molecule has 3 rings (SSSR count). The third-order valence-electron chi connectivity index (χ3n) is 4.31. The van der Waals surface area contributed by atoms with Crippen LogP contribution in [0.25, 0.3) is 0 Å². The molecule has 1 aromatic rings. The Morgan fingerprint density at radius 3 is 2.57 bits per heavy atom. The lowest BCUT2D eigenvalue weighted by Gasteiger charge is -2.26. The Labute approximate surface area is 135 Å². The van der Waals surface area contributed by atoms with Gasteiger partial charge in [-0.2, -0.15) is 0 Å². The Bertz CT molecular complexity index is 665. The maximum atomic E-state index is 12.6. The average Bonchev–Trinajstić information content (AvgIpc) is 2.73. The van der Waals surface area contributed by atoms with Crippen LogP contribution in [0.4, 0.5) is 10.5 Å². The van der Waals surface area contributed by atoms with E-state index in [1.165, 1.54) is 0 Å². The van der Waals surface area contributed by atoms with E-state index in [1.807, 2.05) is 26.0 Å². The molecule has 122 valence electrons. The predicted molar refractivity (Wildman–Crippen MR) is 84.1 cm³/mol. The van der Waals surface area contributed by atoms with Gasteiger partial charge in [0.1, 0.15) is 0 Å². The lowest BCUT2D eigenvalue weighted by Crippen LogP contribution is -2.40. The van der Waals surface area contributed by atoms with E-state index in [4.69, 9.17) is 4.74 Å². The van der Waals surface area contributed by atoms with Crippen LogP contribution in [-0.4, -0.2) is 42.0 Å². The number of aryl methyl sites for hydroxylation is 2. The molecule has 2 fully saturated rings. The van der Waals surface area contributed by atoms with Crippen molar-refractivity contribution in [2.24, 2.45) is 0 Å². The van der Waals surface area contributed by atoms with Crippen LogP contribution in [0.15, 0.2) is 18.2 Å². The molecule has 2 aliphatic heterocycles. The van der Waals surface area contributed by atoms with Crippen LogP contribution < -0.4 is 4.90 Å². The van der Waals surface area contributed by atoms with Crippen molar-refractivity contribution in [1.29, 1.82) is 0 Å². The van der Waals surface area contributed by atoms with Gasteiger partial charge >= 0.3 is 17.8 Å². The molecule has 0 aromatic heterocycles. The zero-order chi connectivity index (χ0) is 16.6. The molecule has 1 atom stereocenters. The van der Waals surface area contributed by atoms with Gasteiger partial charge in [-0.25, -0.2) is 9.69 Å². The molecule has 0 spiro atoms. The van der Waals surface area contributed by atoms with Gasteiger partial charge in [0.2, 0.25) is 0 Å². The first kappa shape index (κ1) is 15.7. The maximum absolute atomic E-state index is 12.6. The molecule has 0 saturated carbocycles. The van der Waals surface area contributed by atoms with Crippen molar-refractivity contribution in [2.75, 3.05) is 18.1 Å². The van der Waals surface area contributed by atoms with E-state index in [0.717, 1.165) is 40.2 Å². The van der Waals surface area contributed by atoms with Gasteiger partial charge in [0.05, 0.1) is 18.3 Å². The summed E-state index contributed by atoms with van der Waals surface area (Å²) in [4.78, 5) is 39.1. The average molecular weight is 316 g/mol. The van der Waals surface area contributed by atoms with Gasteiger partial charge in [0.15, 0.2) is 0 Å². The summed E-state index contributed by atoms with van der Waals surface area (Å²) in [7, 11) is 0. The van der Waals surface area contributed by atoms with Crippen LogP contribution >= 0.6 is 0 Å². The highest BCUT2D eigenvalue weighted by molar-refractivity contribution is 6.52. The number of ether oxygens (including phenoxy) is 1. The number of hydrogen-bond acceptors (Lipinski definition) is 4. The summed E-state index contributed by atoms with van der Waals surface area (Å²) in [6.07, 6.45) is 2.62. The van der Waals surface area contributed by atoms with Gasteiger partial charge in [0.25, 0.3) is 0 Å². The van der Waals surface area contributed by atoms with Crippen molar-refractivity contribution in [1.82, 2.24) is 4.90 Å². The van der Waals surface area contributed by atoms with E-state index in [-0.39, 0.29) is 12.6 Å². The van der Waals surface area contributed by atoms with Gasteiger partial charge in [0, 0.05) is 6.61 Å². The maximum Gasteiger partial charge on any atom is 0.338 e. The summed E-state index contributed by atoms with van der Waals surface area (Å²) in [5, 5.41) is 0. The van der Waals surface area contributed by atoms with Crippen LogP contribution in [0.3, 0.4) is 0 Å². The summed E-state index contributed by atoms with van der Waals surface area (Å²) < 4.78 is 5.58. The molecule has 2 saturated heterocycles. The Kier molecular flexibility index (Phi) is 4.17. The third-order valence-corrected chi connectivity index (χ3v) is 4.31. The Morgan fingerprint density at radius 1 is 1.13 bits per heavy atom. The third kappa shape index (κ3) is 2.86. The van der Waals surface area contributed by atoms with Crippen LogP contribution in [0.2, 0.25) is 0 Å². The minimum Gasteiger partial charge on any atom is -0.376 e. The van der Waals surface area contributed by atoms with Gasteiger partial charge in [-0.1, -0.05) is 17.7 Å². The van der Waals surface area contributed by atoms with Crippen molar-refractivity contribution in [2.45, 2.75) is 39.2 Å². The fourth-order valence-corrected chi connectivity index (χ4v) is 3.09. The molecule has 0 aliphatic carbocycles. The van der Waals surface area contributed by atoms with Crippen LogP contribution in [0, 0.1) is 13.8 Å². The Balaban J connectivity index is 1.84. The second-order valence-electron chi connectivity index (χ2n) is 6.12. The van der Waals surface area contributed by atoms with Crippen molar-refractivity contribution < 1.29 is 19.1 Å². The van der Waals surface area contributed by atoms with E-state index < -0.39 is 17.8 Å². The largest absolute Gasteiger partial charge is 0.376 e. The van der Waals surface area contributed by atoms with E-state index >= 15 is 0 Å². The zero-order valence-electron chi connectivity index (χ0n) is 13.4. The summed E-state index contributed by atoms with van der Waals surface area (Å²) in [6.45, 7) is 4.53. The van der Waals surface area contributed by atoms with Gasteiger partial charge < -0.3 is 4.74 Å². The standard InChI is InChI=1S/C17H20N2O4/c1-11-6-7-14(12(2)9-11)19-16(21)15(20)18(17(19)22)10-13-5-3-4-8-23-13/h6-7,9,13H,3-5,8,10H2,1-2H3/t13-/m1/s1. The molecule has 0 radical (unpaired) electrons. The molecular weight excluding hydrogens is 296 g/mol. The molecule has 0 N–H and O–H groups in total. The summed E-state index contributed by atoms with van der Waals surface area (Å²) in [5.74, 6) is -1.57. The SMILES string of the molecule is Cc1ccc(N2C(=O)C(=O)N(C[C@H]3CCCCO3)C2=O)c(C)c1. The highest BCUT2D eigenvalue weighted by atomic mass is 16.5. The van der Waals surface area contributed by atoms with Gasteiger partial charge in [-0.3, -0.25) is 14.5 Å². The van der Waals surface area contributed by atoms with Crippen molar-refractivity contribution >= 4 is 23.5 Å². The molecule has 6 heteroatoms. The monoisotopic (exact) mass is 316 g/mol. The van der Waals surface area contributed by atoms with Crippen LogP contribution in [0.1, 0.15) is 30.4 Å². The second kappa shape index (κ2) is 6.12. The number of amides is 4. The number of urea groups is 1. The number of rotatable bonds is 3. The number of imide groups is 2. The lowest BCUT2D eigenvalue weighted by molar-refractivity contribution is -0.140. The number of carbonyl (C=O) groups is 3. The van der Waals surface area contributed by atoms with E-state index in [1.54, 1.807) is 6.07 Å². The molecular formula is C17H20N2O4. The molecule has 0 bridgehead atoms. The molecule has 2 heterocycles. The van der Waals surface area contributed by atoms with Gasteiger partial charge in [-0.05, 0) is 44.7 Å². The highest BCUT2D eigenvalue weighted by Crippen LogP contribution is 2.27. The lowest BCUT2D eigenvalue weighted by atomic mass is 10.1. The topological polar surface area (TPSA) is 66.9 Å². The van der Waals surface area contributed by atoms with Gasteiger partial charge in [-0.15, -0.1) is 0 Å². The van der Waals surface area contributed by atoms with Crippen molar-refractivity contribution in [3.63, 3.8) is 0 Å². The van der Waals surface area contributed by atoms with E-state index in [2.05, 4.69) is 0 Å². The summed E-state index contributed by atoms with van der Waals surface area (Å²) in [5.41, 5.74) is 2.28. The number of anilines is 1. The quantitative estimate of drug-likeness (QED) is 0.633. The van der Waals surface area contributed by atoms with Crippen molar-refractivity contribution in [3.8, 4) is 0 Å².